The molecule has 2 atom stereocenters. The number of hydrogen-bond acceptors (Lipinski definition) is 3. The number of rotatable bonds is 4. The maximum atomic E-state index is 12.1. The summed E-state index contributed by atoms with van der Waals surface area (Å²) >= 11 is 0. The average Bonchev–Trinajstić information content (AvgIpc) is 3.28. The summed E-state index contributed by atoms with van der Waals surface area (Å²) in [6.07, 6.45) is -1.26. The van der Waals surface area contributed by atoms with Gasteiger partial charge in [-0.1, -0.05) is 60.7 Å². The van der Waals surface area contributed by atoms with Gasteiger partial charge in [0, 0.05) is 11.1 Å². The van der Waals surface area contributed by atoms with Crippen LogP contribution in [-0.4, -0.2) is 23.8 Å². The first-order valence-corrected chi connectivity index (χ1v) is 6.11. The van der Waals surface area contributed by atoms with E-state index in [4.69, 9.17) is 4.74 Å². The quantitative estimate of drug-likeness (QED) is 0.620. The molecule has 0 radical (unpaired) electrons. The summed E-state index contributed by atoms with van der Waals surface area (Å²) in [6, 6.07) is 17.8. The number of Topliss-reactive ketones (excluding diaryl/α,β-unsaturated/α-hetero) is 2. The predicted octanol–water partition coefficient (Wildman–Crippen LogP) is 2.52. The zero-order valence-corrected chi connectivity index (χ0v) is 10.2. The minimum atomic E-state index is -0.630. The van der Waals surface area contributed by atoms with Crippen molar-refractivity contribution in [1.82, 2.24) is 0 Å². The number of benzene rings is 2. The Bertz CT molecular complexity index is 549. The topological polar surface area (TPSA) is 46.7 Å². The van der Waals surface area contributed by atoms with Gasteiger partial charge in [-0.25, -0.2) is 0 Å². The van der Waals surface area contributed by atoms with Gasteiger partial charge in [-0.05, 0) is 0 Å². The van der Waals surface area contributed by atoms with Crippen LogP contribution in [0.4, 0.5) is 0 Å². The van der Waals surface area contributed by atoms with Gasteiger partial charge >= 0.3 is 0 Å². The molecule has 0 N–H and O–H groups in total. The largest absolute Gasteiger partial charge is 0.352 e. The van der Waals surface area contributed by atoms with E-state index in [-0.39, 0.29) is 11.6 Å². The van der Waals surface area contributed by atoms with E-state index in [0.29, 0.717) is 11.1 Å². The van der Waals surface area contributed by atoms with Crippen molar-refractivity contribution in [3.8, 4) is 0 Å². The lowest BCUT2D eigenvalue weighted by Crippen LogP contribution is -2.16. The van der Waals surface area contributed by atoms with Crippen LogP contribution in [0.2, 0.25) is 0 Å². The molecule has 0 aromatic heterocycles. The molecule has 0 saturated carbocycles. The van der Waals surface area contributed by atoms with Crippen LogP contribution in [-0.2, 0) is 4.74 Å². The molecule has 3 rings (SSSR count). The minimum Gasteiger partial charge on any atom is -0.352 e. The molecule has 2 aromatic rings. The van der Waals surface area contributed by atoms with Gasteiger partial charge in [0.2, 0.25) is 0 Å². The average molecular weight is 252 g/mol. The summed E-state index contributed by atoms with van der Waals surface area (Å²) in [7, 11) is 0. The van der Waals surface area contributed by atoms with Gasteiger partial charge < -0.3 is 4.74 Å². The lowest BCUT2D eigenvalue weighted by molar-refractivity contribution is 0.0948. The molecule has 0 amide bonds. The van der Waals surface area contributed by atoms with Crippen LogP contribution in [0.15, 0.2) is 60.7 Å². The molecule has 1 saturated heterocycles. The van der Waals surface area contributed by atoms with Gasteiger partial charge in [0.15, 0.2) is 23.8 Å². The van der Waals surface area contributed by atoms with E-state index in [0.717, 1.165) is 0 Å². The SMILES string of the molecule is O=C(c1ccccc1)C1O[C@H]1C(=O)c1ccccc1. The smallest absolute Gasteiger partial charge is 0.194 e. The summed E-state index contributed by atoms with van der Waals surface area (Å²) < 4.78 is 5.25. The number of ether oxygens (including phenoxy) is 1. The predicted molar refractivity (Wildman–Crippen MR) is 70.2 cm³/mol. The standard InChI is InChI=1S/C16H12O3/c17-13(11-7-3-1-4-8-11)15-16(19-15)14(18)12-9-5-2-6-10-12/h1-10,15-16H/t15-,16?/m0/s1. The van der Waals surface area contributed by atoms with Gasteiger partial charge in [-0.15, -0.1) is 0 Å². The van der Waals surface area contributed by atoms with Crippen molar-refractivity contribution in [2.75, 3.05) is 0 Å². The normalized spacial score (nSPS) is 20.8. The minimum absolute atomic E-state index is 0.130. The highest BCUT2D eigenvalue weighted by atomic mass is 16.6. The molecule has 1 heterocycles. The Balaban J connectivity index is 1.72. The summed E-state index contributed by atoms with van der Waals surface area (Å²) in [5.74, 6) is -0.259. The molecule has 94 valence electrons. The van der Waals surface area contributed by atoms with Gasteiger partial charge in [0.25, 0.3) is 0 Å². The molecule has 1 unspecified atom stereocenters. The Morgan fingerprint density at radius 3 is 1.42 bits per heavy atom. The van der Waals surface area contributed by atoms with Crippen molar-refractivity contribution in [2.45, 2.75) is 12.2 Å². The maximum Gasteiger partial charge on any atom is 0.194 e. The molecule has 1 aliphatic heterocycles. The van der Waals surface area contributed by atoms with Crippen molar-refractivity contribution in [3.05, 3.63) is 71.8 Å². The first-order chi connectivity index (χ1) is 9.27. The molecule has 3 heteroatoms. The van der Waals surface area contributed by atoms with Crippen molar-refractivity contribution in [1.29, 1.82) is 0 Å². The third-order valence-corrected chi connectivity index (χ3v) is 3.13. The molecule has 19 heavy (non-hydrogen) atoms. The lowest BCUT2D eigenvalue weighted by atomic mass is 10.0. The van der Waals surface area contributed by atoms with E-state index in [1.165, 1.54) is 0 Å². The van der Waals surface area contributed by atoms with Gasteiger partial charge in [-0.3, -0.25) is 9.59 Å². The molecular weight excluding hydrogens is 240 g/mol. The highest BCUT2D eigenvalue weighted by molar-refractivity contribution is 6.10. The Kier molecular flexibility index (Phi) is 2.97. The van der Waals surface area contributed by atoms with Crippen molar-refractivity contribution in [2.24, 2.45) is 0 Å². The fraction of sp³-hybridized carbons (Fsp3) is 0.125. The number of carbonyl (C=O) groups excluding carboxylic acids is 2. The Hall–Kier alpha value is -2.26. The fourth-order valence-electron chi connectivity index (χ4n) is 2.04. The zero-order chi connectivity index (χ0) is 13.2. The zero-order valence-electron chi connectivity index (χ0n) is 10.2. The molecule has 0 aliphatic carbocycles. The van der Waals surface area contributed by atoms with E-state index in [2.05, 4.69) is 0 Å². The second-order valence-electron chi connectivity index (χ2n) is 4.44. The van der Waals surface area contributed by atoms with Crippen LogP contribution in [0.5, 0.6) is 0 Å². The Morgan fingerprint density at radius 1 is 0.684 bits per heavy atom. The fourth-order valence-corrected chi connectivity index (χ4v) is 2.04. The van der Waals surface area contributed by atoms with Gasteiger partial charge in [0.1, 0.15) is 0 Å². The number of ketones is 2. The summed E-state index contributed by atoms with van der Waals surface area (Å²) in [6.45, 7) is 0. The molecule has 1 fully saturated rings. The van der Waals surface area contributed by atoms with E-state index < -0.39 is 12.2 Å². The Labute approximate surface area is 110 Å². The van der Waals surface area contributed by atoms with Crippen molar-refractivity contribution < 1.29 is 14.3 Å². The van der Waals surface area contributed by atoms with E-state index in [9.17, 15) is 9.59 Å². The van der Waals surface area contributed by atoms with Crippen molar-refractivity contribution in [3.63, 3.8) is 0 Å². The van der Waals surface area contributed by atoms with Crippen LogP contribution in [0.25, 0.3) is 0 Å². The molecular formula is C16H12O3. The van der Waals surface area contributed by atoms with Crippen LogP contribution in [0.1, 0.15) is 20.7 Å². The van der Waals surface area contributed by atoms with E-state index in [1.54, 1.807) is 48.5 Å². The van der Waals surface area contributed by atoms with Crippen LogP contribution in [0, 0.1) is 0 Å². The first-order valence-electron chi connectivity index (χ1n) is 6.11. The van der Waals surface area contributed by atoms with Crippen LogP contribution >= 0.6 is 0 Å². The lowest BCUT2D eigenvalue weighted by Gasteiger charge is -1.97. The summed E-state index contributed by atoms with van der Waals surface area (Å²) in [5, 5.41) is 0. The number of carbonyl (C=O) groups is 2. The number of epoxide rings is 1. The molecule has 1 aliphatic rings. The van der Waals surface area contributed by atoms with E-state index >= 15 is 0 Å². The summed E-state index contributed by atoms with van der Waals surface area (Å²) in [5.41, 5.74) is 1.16. The molecule has 3 nitrogen and oxygen atoms in total. The van der Waals surface area contributed by atoms with Crippen LogP contribution in [0.3, 0.4) is 0 Å². The highest BCUT2D eigenvalue weighted by Crippen LogP contribution is 2.29. The second-order valence-corrected chi connectivity index (χ2v) is 4.44. The molecule has 0 bridgehead atoms. The first kappa shape index (κ1) is 11.8. The van der Waals surface area contributed by atoms with Gasteiger partial charge in [0.05, 0.1) is 0 Å². The second kappa shape index (κ2) is 4.78. The third kappa shape index (κ3) is 2.33. The summed E-state index contributed by atoms with van der Waals surface area (Å²) in [4.78, 5) is 24.2. The Morgan fingerprint density at radius 2 is 1.05 bits per heavy atom. The number of hydrogen-bond donors (Lipinski definition) is 0. The van der Waals surface area contributed by atoms with Crippen molar-refractivity contribution >= 4 is 11.6 Å². The molecule has 2 aromatic carbocycles. The monoisotopic (exact) mass is 252 g/mol. The highest BCUT2D eigenvalue weighted by Gasteiger charge is 2.50. The van der Waals surface area contributed by atoms with Crippen LogP contribution < -0.4 is 0 Å². The third-order valence-electron chi connectivity index (χ3n) is 3.13. The van der Waals surface area contributed by atoms with Gasteiger partial charge in [-0.2, -0.15) is 0 Å². The van der Waals surface area contributed by atoms with E-state index in [1.807, 2.05) is 12.1 Å². The molecule has 0 spiro atoms. The maximum absolute atomic E-state index is 12.1.